The number of aryl methyl sites for hydroxylation is 1. The Morgan fingerprint density at radius 1 is 1.10 bits per heavy atom. The van der Waals surface area contributed by atoms with Crippen LogP contribution >= 0.6 is 0 Å². The van der Waals surface area contributed by atoms with E-state index in [2.05, 4.69) is 20.6 Å². The highest BCUT2D eigenvalue weighted by Gasteiger charge is 2.47. The van der Waals surface area contributed by atoms with Crippen molar-refractivity contribution in [1.29, 1.82) is 0 Å². The Bertz CT molecular complexity index is 1700. The number of amides is 1. The molecular formula is C26H23F3N8O2. The molecule has 6 rings (SSSR count). The van der Waals surface area contributed by atoms with Crippen molar-refractivity contribution in [3.05, 3.63) is 66.6 Å². The number of aromatic nitrogens is 6. The van der Waals surface area contributed by atoms with Crippen LogP contribution in [0.4, 0.5) is 18.0 Å². The van der Waals surface area contributed by atoms with E-state index in [-0.39, 0.29) is 18.7 Å². The summed E-state index contributed by atoms with van der Waals surface area (Å²) in [6, 6.07) is 9.90. The van der Waals surface area contributed by atoms with Crippen LogP contribution in [0.3, 0.4) is 0 Å². The average Bonchev–Trinajstić information content (AvgIpc) is 3.62. The van der Waals surface area contributed by atoms with Crippen LogP contribution in [-0.2, 0) is 7.05 Å². The molecule has 0 radical (unpaired) electrons. The first-order valence-corrected chi connectivity index (χ1v) is 12.2. The van der Waals surface area contributed by atoms with Crippen molar-refractivity contribution in [3.63, 3.8) is 0 Å². The highest BCUT2D eigenvalue weighted by atomic mass is 19.4. The topological polar surface area (TPSA) is 113 Å². The molecule has 0 bridgehead atoms. The summed E-state index contributed by atoms with van der Waals surface area (Å²) in [5.74, 6) is 0.313. The van der Waals surface area contributed by atoms with Crippen LogP contribution in [-0.4, -0.2) is 70.8 Å². The van der Waals surface area contributed by atoms with Crippen molar-refractivity contribution in [3.8, 4) is 22.6 Å². The molecule has 0 saturated carbocycles. The number of nitrogens with zero attached hydrogens (tertiary/aromatic N) is 7. The minimum atomic E-state index is -4.58. The molecule has 39 heavy (non-hydrogen) atoms. The molecule has 10 nitrogen and oxygen atoms in total. The summed E-state index contributed by atoms with van der Waals surface area (Å²) in [6.07, 6.45) is -0.494. The van der Waals surface area contributed by atoms with Crippen molar-refractivity contribution in [1.82, 2.24) is 39.6 Å². The molecule has 2 unspecified atom stereocenters. The first-order valence-electron chi connectivity index (χ1n) is 12.2. The molecule has 1 aromatic carbocycles. The first kappa shape index (κ1) is 24.8. The van der Waals surface area contributed by atoms with Crippen molar-refractivity contribution < 1.29 is 23.1 Å². The van der Waals surface area contributed by atoms with Gasteiger partial charge in [-0.3, -0.25) is 14.0 Å². The highest BCUT2D eigenvalue weighted by molar-refractivity contribution is 5.85. The quantitative estimate of drug-likeness (QED) is 0.345. The van der Waals surface area contributed by atoms with Crippen LogP contribution < -0.4 is 5.32 Å². The van der Waals surface area contributed by atoms with Gasteiger partial charge < -0.3 is 10.4 Å². The standard InChI is InChI=1S/C26H23F3N8O2/c1-35-12-18(11-30-35)16-3-2-15-4-6-20(32-21(15)10-16)24-34-33-22-7-5-17(13-37(22)24)23(26(27,28)29)36-9-8-19(14-36)31-25(38)39/h2-7,10-13,19,23,31H,8-9,14H2,1H3,(H,38,39). The van der Waals surface area contributed by atoms with Crippen LogP contribution in [0.1, 0.15) is 18.0 Å². The number of likely N-dealkylation sites (tertiary alicyclic amines) is 1. The van der Waals surface area contributed by atoms with Gasteiger partial charge in [-0.2, -0.15) is 18.3 Å². The molecule has 1 fully saturated rings. The second-order valence-electron chi connectivity index (χ2n) is 9.60. The second-order valence-corrected chi connectivity index (χ2v) is 9.60. The Labute approximate surface area is 219 Å². The van der Waals surface area contributed by atoms with Crippen LogP contribution in [0.2, 0.25) is 0 Å². The molecule has 2 N–H and O–H groups in total. The molecule has 1 amide bonds. The highest BCUT2D eigenvalue weighted by Crippen LogP contribution is 2.40. The van der Waals surface area contributed by atoms with E-state index >= 15 is 0 Å². The number of pyridine rings is 2. The molecule has 1 aliphatic heterocycles. The van der Waals surface area contributed by atoms with Crippen LogP contribution in [0.25, 0.3) is 39.2 Å². The minimum Gasteiger partial charge on any atom is -0.465 e. The summed E-state index contributed by atoms with van der Waals surface area (Å²) >= 11 is 0. The molecule has 2 atom stereocenters. The Morgan fingerprint density at radius 3 is 2.67 bits per heavy atom. The van der Waals surface area contributed by atoms with Gasteiger partial charge in [0.15, 0.2) is 11.5 Å². The molecule has 5 aromatic rings. The lowest BCUT2D eigenvalue weighted by molar-refractivity contribution is -0.184. The molecular weight excluding hydrogens is 513 g/mol. The number of hydrogen-bond donors (Lipinski definition) is 2. The predicted molar refractivity (Wildman–Crippen MR) is 136 cm³/mol. The van der Waals surface area contributed by atoms with Gasteiger partial charge >= 0.3 is 12.3 Å². The van der Waals surface area contributed by atoms with Crippen molar-refractivity contribution in [2.24, 2.45) is 7.05 Å². The van der Waals surface area contributed by atoms with Gasteiger partial charge in [-0.1, -0.05) is 24.3 Å². The molecule has 1 saturated heterocycles. The van der Waals surface area contributed by atoms with Gasteiger partial charge in [-0.25, -0.2) is 9.78 Å². The lowest BCUT2D eigenvalue weighted by Crippen LogP contribution is -2.40. The maximum Gasteiger partial charge on any atom is 0.408 e. The molecule has 4 aromatic heterocycles. The van der Waals surface area contributed by atoms with Gasteiger partial charge in [-0.05, 0) is 35.7 Å². The van der Waals surface area contributed by atoms with E-state index in [1.165, 1.54) is 27.6 Å². The number of fused-ring (bicyclic) bond motifs is 2. The lowest BCUT2D eigenvalue weighted by Gasteiger charge is -2.30. The molecule has 1 aliphatic rings. The van der Waals surface area contributed by atoms with E-state index in [4.69, 9.17) is 10.1 Å². The summed E-state index contributed by atoms with van der Waals surface area (Å²) in [6.45, 7) is 0.0583. The van der Waals surface area contributed by atoms with Gasteiger partial charge in [0.05, 0.1) is 11.7 Å². The number of rotatable bonds is 5. The Hall–Kier alpha value is -4.52. The van der Waals surface area contributed by atoms with Gasteiger partial charge in [-0.15, -0.1) is 10.2 Å². The number of hydrogen-bond acceptors (Lipinski definition) is 6. The summed E-state index contributed by atoms with van der Waals surface area (Å²) in [5.41, 5.74) is 3.42. The normalized spacial score (nSPS) is 17.2. The predicted octanol–water partition coefficient (Wildman–Crippen LogP) is 4.29. The first-order chi connectivity index (χ1) is 18.7. The molecule has 0 aliphatic carbocycles. The SMILES string of the molecule is Cn1cc(-c2ccc3ccc(-c4nnc5ccc(C(N6CCC(NC(=O)O)C6)C(F)(F)F)cn45)nc3c2)cn1. The third-order valence-corrected chi connectivity index (χ3v) is 6.92. The summed E-state index contributed by atoms with van der Waals surface area (Å²) < 4.78 is 46.2. The molecule has 200 valence electrons. The zero-order valence-corrected chi connectivity index (χ0v) is 20.7. The van der Waals surface area contributed by atoms with Crippen LogP contribution in [0.5, 0.6) is 0 Å². The van der Waals surface area contributed by atoms with Gasteiger partial charge in [0, 0.05) is 49.5 Å². The third kappa shape index (κ3) is 4.76. The zero-order chi connectivity index (χ0) is 27.3. The second kappa shape index (κ2) is 9.34. The smallest absolute Gasteiger partial charge is 0.408 e. The summed E-state index contributed by atoms with van der Waals surface area (Å²) in [4.78, 5) is 17.0. The number of halogens is 3. The van der Waals surface area contributed by atoms with E-state index in [0.717, 1.165) is 16.5 Å². The van der Waals surface area contributed by atoms with Gasteiger partial charge in [0.2, 0.25) is 0 Å². The van der Waals surface area contributed by atoms with Gasteiger partial charge in [0.25, 0.3) is 0 Å². The monoisotopic (exact) mass is 536 g/mol. The van der Waals surface area contributed by atoms with E-state index in [1.54, 1.807) is 16.9 Å². The average molecular weight is 537 g/mol. The minimum absolute atomic E-state index is 0.00618. The van der Waals surface area contributed by atoms with E-state index in [1.807, 2.05) is 37.5 Å². The molecule has 5 heterocycles. The zero-order valence-electron chi connectivity index (χ0n) is 20.7. The van der Waals surface area contributed by atoms with E-state index in [0.29, 0.717) is 29.1 Å². The number of carboxylic acid groups (broad SMARTS) is 1. The van der Waals surface area contributed by atoms with Crippen molar-refractivity contribution >= 4 is 22.6 Å². The van der Waals surface area contributed by atoms with Crippen LogP contribution in [0, 0.1) is 0 Å². The van der Waals surface area contributed by atoms with Crippen LogP contribution in [0.15, 0.2) is 61.1 Å². The van der Waals surface area contributed by atoms with E-state index < -0.39 is 24.4 Å². The van der Waals surface area contributed by atoms with Gasteiger partial charge in [0.1, 0.15) is 11.7 Å². The largest absolute Gasteiger partial charge is 0.465 e. The maximum absolute atomic E-state index is 14.3. The number of carbonyl (C=O) groups is 1. The van der Waals surface area contributed by atoms with E-state index in [9.17, 15) is 18.0 Å². The molecule has 13 heteroatoms. The third-order valence-electron chi connectivity index (χ3n) is 6.92. The van der Waals surface area contributed by atoms with Crippen molar-refractivity contribution in [2.45, 2.75) is 24.7 Å². The Kier molecular flexibility index (Phi) is 5.94. The fourth-order valence-corrected chi connectivity index (χ4v) is 5.16. The summed E-state index contributed by atoms with van der Waals surface area (Å²) in [7, 11) is 1.84. The fraction of sp³-hybridized carbons (Fsp3) is 0.269. The summed E-state index contributed by atoms with van der Waals surface area (Å²) in [5, 5.41) is 24.7. The maximum atomic E-state index is 14.3. The Morgan fingerprint density at radius 2 is 1.92 bits per heavy atom. The number of alkyl halides is 3. The number of nitrogens with one attached hydrogen (secondary N) is 1. The van der Waals surface area contributed by atoms with Crippen molar-refractivity contribution in [2.75, 3.05) is 13.1 Å². The molecule has 0 spiro atoms. The fourth-order valence-electron chi connectivity index (χ4n) is 5.16. The lowest BCUT2D eigenvalue weighted by atomic mass is 10.1. The number of benzene rings is 1. The Balaban J connectivity index is 1.38.